The van der Waals surface area contributed by atoms with Crippen molar-refractivity contribution in [1.82, 2.24) is 4.90 Å². The van der Waals surface area contributed by atoms with Crippen molar-refractivity contribution >= 4 is 0 Å². The Balaban J connectivity index is 1.95. The van der Waals surface area contributed by atoms with E-state index in [9.17, 15) is 5.11 Å². The van der Waals surface area contributed by atoms with E-state index in [0.717, 1.165) is 32.0 Å². The Morgan fingerprint density at radius 1 is 1.40 bits per heavy atom. The smallest absolute Gasteiger partial charge is 0.0502 e. The van der Waals surface area contributed by atoms with E-state index in [2.05, 4.69) is 4.90 Å². The second-order valence-corrected chi connectivity index (χ2v) is 5.34. The van der Waals surface area contributed by atoms with Crippen LogP contribution in [0.1, 0.15) is 32.1 Å². The maximum Gasteiger partial charge on any atom is 0.0502 e. The number of fused-ring (bicyclic) bond motifs is 1. The van der Waals surface area contributed by atoms with Crippen LogP contribution in [0.15, 0.2) is 0 Å². The molecule has 0 radical (unpaired) electrons. The summed E-state index contributed by atoms with van der Waals surface area (Å²) >= 11 is 0. The molecule has 2 atom stereocenters. The summed E-state index contributed by atoms with van der Waals surface area (Å²) < 4.78 is 0. The fraction of sp³-hybridized carbons (Fsp3) is 1.00. The molecule has 1 saturated carbocycles. The lowest BCUT2D eigenvalue weighted by Crippen LogP contribution is -2.37. The van der Waals surface area contributed by atoms with Crippen molar-refractivity contribution in [3.8, 4) is 0 Å². The first kappa shape index (κ1) is 11.4. The SMILES string of the molecule is NCCCN1CC2CCCCC2(CO)C1. The molecule has 1 saturated heterocycles. The molecule has 1 heterocycles. The van der Waals surface area contributed by atoms with Crippen molar-refractivity contribution in [2.45, 2.75) is 32.1 Å². The van der Waals surface area contributed by atoms with E-state index in [1.54, 1.807) is 0 Å². The molecule has 2 unspecified atom stereocenters. The fourth-order valence-corrected chi connectivity index (χ4v) is 3.44. The van der Waals surface area contributed by atoms with Crippen molar-refractivity contribution in [2.24, 2.45) is 17.1 Å². The summed E-state index contributed by atoms with van der Waals surface area (Å²) in [7, 11) is 0. The molecule has 88 valence electrons. The Kier molecular flexibility index (Phi) is 3.65. The van der Waals surface area contributed by atoms with Gasteiger partial charge in [-0.25, -0.2) is 0 Å². The lowest BCUT2D eigenvalue weighted by atomic mass is 9.69. The van der Waals surface area contributed by atoms with Crippen LogP contribution in [0.25, 0.3) is 0 Å². The van der Waals surface area contributed by atoms with E-state index in [4.69, 9.17) is 5.73 Å². The van der Waals surface area contributed by atoms with Gasteiger partial charge >= 0.3 is 0 Å². The lowest BCUT2D eigenvalue weighted by molar-refractivity contribution is 0.0583. The summed E-state index contributed by atoms with van der Waals surface area (Å²) in [5, 5.41) is 9.64. The number of likely N-dealkylation sites (tertiary alicyclic amines) is 1. The number of hydrogen-bond acceptors (Lipinski definition) is 3. The predicted octanol–water partition coefficient (Wildman–Crippen LogP) is 0.820. The van der Waals surface area contributed by atoms with Crippen LogP contribution in [0.4, 0.5) is 0 Å². The highest BCUT2D eigenvalue weighted by atomic mass is 16.3. The first-order valence-electron chi connectivity index (χ1n) is 6.34. The van der Waals surface area contributed by atoms with Gasteiger partial charge in [-0.2, -0.15) is 0 Å². The molecule has 2 rings (SSSR count). The van der Waals surface area contributed by atoms with Gasteiger partial charge in [0.15, 0.2) is 0 Å². The topological polar surface area (TPSA) is 49.5 Å². The van der Waals surface area contributed by atoms with E-state index in [0.29, 0.717) is 6.61 Å². The summed E-state index contributed by atoms with van der Waals surface area (Å²) in [5.41, 5.74) is 5.79. The third-order valence-corrected chi connectivity index (χ3v) is 4.35. The van der Waals surface area contributed by atoms with Crippen LogP contribution >= 0.6 is 0 Å². The van der Waals surface area contributed by atoms with Crippen molar-refractivity contribution < 1.29 is 5.11 Å². The van der Waals surface area contributed by atoms with Crippen LogP contribution in [-0.4, -0.2) is 42.8 Å². The van der Waals surface area contributed by atoms with E-state index >= 15 is 0 Å². The van der Waals surface area contributed by atoms with Crippen molar-refractivity contribution in [2.75, 3.05) is 32.8 Å². The van der Waals surface area contributed by atoms with Gasteiger partial charge in [-0.15, -0.1) is 0 Å². The number of aliphatic hydroxyl groups is 1. The van der Waals surface area contributed by atoms with Gasteiger partial charge < -0.3 is 15.7 Å². The molecule has 0 bridgehead atoms. The Morgan fingerprint density at radius 2 is 2.27 bits per heavy atom. The Labute approximate surface area is 92.6 Å². The Hall–Kier alpha value is -0.120. The average molecular weight is 212 g/mol. The van der Waals surface area contributed by atoms with Crippen LogP contribution in [0.3, 0.4) is 0 Å². The highest BCUT2D eigenvalue weighted by Gasteiger charge is 2.46. The molecule has 1 aliphatic heterocycles. The number of hydrogen-bond donors (Lipinski definition) is 2. The zero-order valence-corrected chi connectivity index (χ0v) is 9.62. The van der Waals surface area contributed by atoms with Crippen LogP contribution in [0.5, 0.6) is 0 Å². The summed E-state index contributed by atoms with van der Waals surface area (Å²) in [4.78, 5) is 2.51. The van der Waals surface area contributed by atoms with Crippen LogP contribution < -0.4 is 5.73 Å². The third kappa shape index (κ3) is 2.19. The van der Waals surface area contributed by atoms with Crippen molar-refractivity contribution in [3.63, 3.8) is 0 Å². The van der Waals surface area contributed by atoms with Gasteiger partial charge in [0.05, 0.1) is 6.61 Å². The molecule has 3 heteroatoms. The number of nitrogens with zero attached hydrogens (tertiary/aromatic N) is 1. The number of nitrogens with two attached hydrogens (primary N) is 1. The second-order valence-electron chi connectivity index (χ2n) is 5.34. The minimum absolute atomic E-state index is 0.243. The molecule has 1 aliphatic carbocycles. The standard InChI is InChI=1S/C12H24N2O/c13-6-3-7-14-8-11-4-1-2-5-12(11,9-14)10-15/h11,15H,1-10,13H2. The molecule has 0 spiro atoms. The fourth-order valence-electron chi connectivity index (χ4n) is 3.44. The Bertz CT molecular complexity index is 210. The van der Waals surface area contributed by atoms with Gasteiger partial charge in [-0.05, 0) is 38.3 Å². The molecule has 0 aromatic heterocycles. The monoisotopic (exact) mass is 212 g/mol. The lowest BCUT2D eigenvalue weighted by Gasteiger charge is -2.37. The van der Waals surface area contributed by atoms with Crippen LogP contribution in [0.2, 0.25) is 0 Å². The summed E-state index contributed by atoms with van der Waals surface area (Å²) in [6.45, 7) is 4.59. The van der Waals surface area contributed by atoms with Gasteiger partial charge in [0.2, 0.25) is 0 Å². The molecule has 15 heavy (non-hydrogen) atoms. The van der Waals surface area contributed by atoms with E-state index in [1.807, 2.05) is 0 Å². The molecule has 3 nitrogen and oxygen atoms in total. The molecule has 0 amide bonds. The normalized spacial score (nSPS) is 36.8. The highest BCUT2D eigenvalue weighted by Crippen LogP contribution is 2.46. The zero-order valence-electron chi connectivity index (χ0n) is 9.62. The van der Waals surface area contributed by atoms with Crippen molar-refractivity contribution in [3.05, 3.63) is 0 Å². The molecular weight excluding hydrogens is 188 g/mol. The summed E-state index contributed by atoms with van der Waals surface area (Å²) in [5.74, 6) is 0.744. The van der Waals surface area contributed by atoms with Gasteiger partial charge in [-0.1, -0.05) is 12.8 Å². The first-order valence-corrected chi connectivity index (χ1v) is 6.34. The molecule has 0 aromatic rings. The Morgan fingerprint density at radius 3 is 2.93 bits per heavy atom. The largest absolute Gasteiger partial charge is 0.396 e. The summed E-state index contributed by atoms with van der Waals surface area (Å²) in [6, 6.07) is 0. The first-order chi connectivity index (χ1) is 7.30. The number of rotatable bonds is 4. The quantitative estimate of drug-likeness (QED) is 0.725. The van der Waals surface area contributed by atoms with Gasteiger partial charge in [-0.3, -0.25) is 0 Å². The molecular formula is C12H24N2O. The highest BCUT2D eigenvalue weighted by molar-refractivity contribution is 4.98. The van der Waals surface area contributed by atoms with Gasteiger partial charge in [0.25, 0.3) is 0 Å². The van der Waals surface area contributed by atoms with Crippen LogP contribution in [0, 0.1) is 11.3 Å². The minimum atomic E-state index is 0.243. The van der Waals surface area contributed by atoms with Crippen molar-refractivity contribution in [1.29, 1.82) is 0 Å². The van der Waals surface area contributed by atoms with E-state index in [1.165, 1.54) is 32.2 Å². The maximum absolute atomic E-state index is 9.64. The maximum atomic E-state index is 9.64. The minimum Gasteiger partial charge on any atom is -0.396 e. The molecule has 3 N–H and O–H groups in total. The molecule has 0 aromatic carbocycles. The second kappa shape index (κ2) is 4.81. The van der Waals surface area contributed by atoms with E-state index in [-0.39, 0.29) is 5.41 Å². The van der Waals surface area contributed by atoms with Gasteiger partial charge in [0.1, 0.15) is 0 Å². The number of aliphatic hydroxyl groups excluding tert-OH is 1. The average Bonchev–Trinajstić information content (AvgIpc) is 2.65. The zero-order chi connectivity index (χ0) is 10.7. The third-order valence-electron chi connectivity index (χ3n) is 4.35. The van der Waals surface area contributed by atoms with Crippen LogP contribution in [-0.2, 0) is 0 Å². The predicted molar refractivity (Wildman–Crippen MR) is 61.6 cm³/mol. The molecule has 2 fully saturated rings. The molecule has 2 aliphatic rings. The van der Waals surface area contributed by atoms with Gasteiger partial charge in [0, 0.05) is 18.5 Å². The van der Waals surface area contributed by atoms with E-state index < -0.39 is 0 Å². The summed E-state index contributed by atoms with van der Waals surface area (Å²) in [6.07, 6.45) is 6.31.